The summed E-state index contributed by atoms with van der Waals surface area (Å²) in [7, 11) is 0. The van der Waals surface area contributed by atoms with Crippen LogP contribution in [0.25, 0.3) is 0 Å². The van der Waals surface area contributed by atoms with Gasteiger partial charge in [0.15, 0.2) is 10.8 Å². The van der Waals surface area contributed by atoms with Crippen molar-refractivity contribution < 1.29 is 9.90 Å². The molecule has 2 aromatic rings. The van der Waals surface area contributed by atoms with Crippen molar-refractivity contribution in [3.05, 3.63) is 39.9 Å². The molecular weight excluding hydrogens is 260 g/mol. The summed E-state index contributed by atoms with van der Waals surface area (Å²) in [5.74, 6) is -1.03. The van der Waals surface area contributed by atoms with Crippen molar-refractivity contribution in [1.29, 1.82) is 0 Å². The molecule has 0 bridgehead atoms. The summed E-state index contributed by atoms with van der Waals surface area (Å²) in [5.41, 5.74) is 1.77. The molecule has 17 heavy (non-hydrogen) atoms. The Morgan fingerprint density at radius 1 is 1.53 bits per heavy atom. The van der Waals surface area contributed by atoms with Gasteiger partial charge in [-0.25, -0.2) is 9.78 Å². The van der Waals surface area contributed by atoms with Crippen LogP contribution in [0.4, 0.5) is 10.8 Å². The molecule has 0 atom stereocenters. The van der Waals surface area contributed by atoms with Crippen LogP contribution in [0.2, 0.25) is 5.02 Å². The first-order valence-corrected chi connectivity index (χ1v) is 6.04. The van der Waals surface area contributed by atoms with Crippen molar-refractivity contribution in [2.45, 2.75) is 6.92 Å². The maximum absolute atomic E-state index is 10.7. The smallest absolute Gasteiger partial charge is 0.355 e. The zero-order valence-corrected chi connectivity index (χ0v) is 10.5. The Hall–Kier alpha value is -1.59. The molecule has 88 valence electrons. The van der Waals surface area contributed by atoms with E-state index in [2.05, 4.69) is 10.3 Å². The van der Waals surface area contributed by atoms with Crippen LogP contribution in [0.5, 0.6) is 0 Å². The van der Waals surface area contributed by atoms with E-state index in [1.807, 2.05) is 19.1 Å². The first-order chi connectivity index (χ1) is 8.08. The highest BCUT2D eigenvalue weighted by molar-refractivity contribution is 7.14. The quantitative estimate of drug-likeness (QED) is 0.894. The number of carboxylic acids is 1. The number of halogens is 1. The van der Waals surface area contributed by atoms with E-state index < -0.39 is 5.97 Å². The Morgan fingerprint density at radius 3 is 2.94 bits per heavy atom. The summed E-state index contributed by atoms with van der Waals surface area (Å²) in [6, 6.07) is 5.49. The van der Waals surface area contributed by atoms with Gasteiger partial charge in [0.2, 0.25) is 0 Å². The van der Waals surface area contributed by atoms with Crippen LogP contribution in [0.1, 0.15) is 16.1 Å². The van der Waals surface area contributed by atoms with Gasteiger partial charge in [-0.05, 0) is 24.6 Å². The third-order valence-electron chi connectivity index (χ3n) is 2.23. The lowest BCUT2D eigenvalue weighted by Crippen LogP contribution is -1.97. The fourth-order valence-corrected chi connectivity index (χ4v) is 2.16. The van der Waals surface area contributed by atoms with E-state index in [4.69, 9.17) is 16.7 Å². The number of benzene rings is 1. The molecular formula is C11H9ClN2O2S. The van der Waals surface area contributed by atoms with Gasteiger partial charge in [-0.3, -0.25) is 0 Å². The summed E-state index contributed by atoms with van der Waals surface area (Å²) < 4.78 is 0. The Labute approximate surface area is 107 Å². The molecule has 0 saturated heterocycles. The van der Waals surface area contributed by atoms with Gasteiger partial charge in [0, 0.05) is 16.1 Å². The molecule has 0 spiro atoms. The zero-order valence-electron chi connectivity index (χ0n) is 8.90. The number of nitrogens with one attached hydrogen (secondary N) is 1. The molecule has 1 aromatic carbocycles. The van der Waals surface area contributed by atoms with Crippen molar-refractivity contribution in [2.24, 2.45) is 0 Å². The van der Waals surface area contributed by atoms with Crippen molar-refractivity contribution in [1.82, 2.24) is 4.98 Å². The van der Waals surface area contributed by atoms with Gasteiger partial charge in [-0.15, -0.1) is 11.3 Å². The van der Waals surface area contributed by atoms with Crippen LogP contribution in [-0.2, 0) is 0 Å². The summed E-state index contributed by atoms with van der Waals surface area (Å²) in [6.45, 7) is 1.89. The summed E-state index contributed by atoms with van der Waals surface area (Å²) >= 11 is 7.23. The lowest BCUT2D eigenvalue weighted by atomic mass is 10.2. The van der Waals surface area contributed by atoms with Crippen molar-refractivity contribution in [3.8, 4) is 0 Å². The van der Waals surface area contributed by atoms with Crippen LogP contribution >= 0.6 is 22.9 Å². The van der Waals surface area contributed by atoms with Gasteiger partial charge < -0.3 is 10.4 Å². The second-order valence-electron chi connectivity index (χ2n) is 3.38. The van der Waals surface area contributed by atoms with Crippen LogP contribution in [-0.4, -0.2) is 16.1 Å². The zero-order chi connectivity index (χ0) is 12.4. The van der Waals surface area contributed by atoms with E-state index in [9.17, 15) is 4.79 Å². The number of hydrogen-bond donors (Lipinski definition) is 2. The monoisotopic (exact) mass is 268 g/mol. The minimum absolute atomic E-state index is 0.0391. The molecule has 2 rings (SSSR count). The predicted molar refractivity (Wildman–Crippen MR) is 68.5 cm³/mol. The van der Waals surface area contributed by atoms with E-state index in [1.165, 1.54) is 16.7 Å². The molecule has 0 fully saturated rings. The van der Waals surface area contributed by atoms with E-state index in [0.717, 1.165) is 11.3 Å². The first-order valence-electron chi connectivity index (χ1n) is 4.79. The van der Waals surface area contributed by atoms with E-state index in [1.54, 1.807) is 6.07 Å². The molecule has 0 amide bonds. The molecule has 1 aromatic heterocycles. The van der Waals surface area contributed by atoms with Crippen LogP contribution < -0.4 is 5.32 Å². The molecule has 6 heteroatoms. The number of anilines is 2. The molecule has 0 aliphatic rings. The number of hydrogen-bond acceptors (Lipinski definition) is 4. The van der Waals surface area contributed by atoms with Crippen LogP contribution in [0.3, 0.4) is 0 Å². The third kappa shape index (κ3) is 2.57. The highest BCUT2D eigenvalue weighted by Gasteiger charge is 2.09. The predicted octanol–water partition coefficient (Wildman–Crippen LogP) is 3.55. The highest BCUT2D eigenvalue weighted by Crippen LogP contribution is 2.27. The Bertz CT molecular complexity index is 568. The Balaban J connectivity index is 2.25. The fraction of sp³-hybridized carbons (Fsp3) is 0.0909. The minimum Gasteiger partial charge on any atom is -0.476 e. The summed E-state index contributed by atoms with van der Waals surface area (Å²) in [6.07, 6.45) is 0. The van der Waals surface area contributed by atoms with Crippen LogP contribution in [0.15, 0.2) is 23.6 Å². The lowest BCUT2D eigenvalue weighted by Gasteiger charge is -2.07. The van der Waals surface area contributed by atoms with E-state index in [-0.39, 0.29) is 5.69 Å². The largest absolute Gasteiger partial charge is 0.476 e. The minimum atomic E-state index is -1.03. The van der Waals surface area contributed by atoms with Gasteiger partial charge in [0.25, 0.3) is 0 Å². The van der Waals surface area contributed by atoms with Gasteiger partial charge >= 0.3 is 5.97 Å². The van der Waals surface area contributed by atoms with Crippen LogP contribution in [0, 0.1) is 6.92 Å². The maximum Gasteiger partial charge on any atom is 0.355 e. The van der Waals surface area contributed by atoms with Crippen molar-refractivity contribution in [2.75, 3.05) is 5.32 Å². The first kappa shape index (κ1) is 11.9. The van der Waals surface area contributed by atoms with Gasteiger partial charge in [0.1, 0.15) is 0 Å². The highest BCUT2D eigenvalue weighted by atomic mass is 35.5. The van der Waals surface area contributed by atoms with Crippen molar-refractivity contribution >= 4 is 39.7 Å². The van der Waals surface area contributed by atoms with E-state index in [0.29, 0.717) is 10.2 Å². The van der Waals surface area contributed by atoms with Crippen molar-refractivity contribution in [3.63, 3.8) is 0 Å². The molecule has 0 unspecified atom stereocenters. The number of carbonyl (C=O) groups is 1. The maximum atomic E-state index is 10.7. The average molecular weight is 269 g/mol. The molecule has 2 N–H and O–H groups in total. The normalized spacial score (nSPS) is 10.2. The molecule has 0 aliphatic carbocycles. The van der Waals surface area contributed by atoms with E-state index >= 15 is 0 Å². The summed E-state index contributed by atoms with van der Waals surface area (Å²) in [4.78, 5) is 14.6. The standard InChI is InChI=1S/C11H9ClN2O2S/c1-6-7(12)3-2-4-8(6)13-11-14-9(5-17-11)10(15)16/h2-5H,1H3,(H,13,14)(H,15,16). The molecule has 0 radical (unpaired) electrons. The third-order valence-corrected chi connectivity index (χ3v) is 3.40. The second-order valence-corrected chi connectivity index (χ2v) is 4.65. The number of aromatic nitrogens is 1. The molecule has 1 heterocycles. The SMILES string of the molecule is Cc1c(Cl)cccc1Nc1nc(C(=O)O)cs1. The second kappa shape index (κ2) is 4.73. The van der Waals surface area contributed by atoms with Gasteiger partial charge in [-0.1, -0.05) is 17.7 Å². The number of nitrogens with zero attached hydrogens (tertiary/aromatic N) is 1. The fourth-order valence-electron chi connectivity index (χ4n) is 1.29. The number of thiazole rings is 1. The topological polar surface area (TPSA) is 62.2 Å². The number of rotatable bonds is 3. The van der Waals surface area contributed by atoms with Gasteiger partial charge in [0.05, 0.1) is 0 Å². The average Bonchev–Trinajstić information content (AvgIpc) is 2.73. The Kier molecular flexibility index (Phi) is 3.31. The number of carboxylic acid groups (broad SMARTS) is 1. The molecule has 4 nitrogen and oxygen atoms in total. The molecule has 0 aliphatic heterocycles. The lowest BCUT2D eigenvalue weighted by molar-refractivity contribution is 0.0691. The summed E-state index contributed by atoms with van der Waals surface area (Å²) in [5, 5.41) is 14.5. The molecule has 0 saturated carbocycles. The Morgan fingerprint density at radius 2 is 2.29 bits per heavy atom. The van der Waals surface area contributed by atoms with Gasteiger partial charge in [-0.2, -0.15) is 0 Å². The number of aromatic carboxylic acids is 1.